The lowest BCUT2D eigenvalue weighted by Gasteiger charge is -1.99. The maximum absolute atomic E-state index is 6.62. The lowest BCUT2D eigenvalue weighted by Crippen LogP contribution is -1.82. The van der Waals surface area contributed by atoms with Crippen LogP contribution in [0.2, 0.25) is 0 Å². The first-order chi connectivity index (χ1) is 6.41. The van der Waals surface area contributed by atoms with E-state index in [1.54, 1.807) is 0 Å². The van der Waals surface area contributed by atoms with Crippen LogP contribution in [0.3, 0.4) is 0 Å². The number of nitrogens with zero attached hydrogens (tertiary/aromatic N) is 1. The zero-order chi connectivity index (χ0) is 9.78. The third kappa shape index (κ3) is 11.6. The topological polar surface area (TPSA) is 36.2 Å². The highest BCUT2D eigenvalue weighted by Gasteiger charge is 1.90. The second-order valence-electron chi connectivity index (χ2n) is 3.71. The molecule has 1 N–H and O–H groups in total. The van der Waals surface area contributed by atoms with E-state index in [2.05, 4.69) is 12.0 Å². The highest BCUT2D eigenvalue weighted by atomic mass is 14.9. The maximum Gasteiger partial charge on any atom is 0.0596 e. The van der Waals surface area contributed by atoms with Crippen molar-refractivity contribution in [3.05, 3.63) is 0 Å². The molecule has 0 amide bonds. The van der Waals surface area contributed by atoms with Crippen molar-refractivity contribution in [1.29, 1.82) is 5.53 Å². The van der Waals surface area contributed by atoms with Crippen LogP contribution in [0.25, 0.3) is 0 Å². The van der Waals surface area contributed by atoms with E-state index in [4.69, 9.17) is 5.53 Å². The Balaban J connectivity index is 2.79. The molecule has 2 heteroatoms. The summed E-state index contributed by atoms with van der Waals surface area (Å²) in [7, 11) is 0. The zero-order valence-electron chi connectivity index (χ0n) is 9.02. The van der Waals surface area contributed by atoms with Gasteiger partial charge in [-0.15, -0.1) is 0 Å². The first-order valence-corrected chi connectivity index (χ1v) is 5.75. The van der Waals surface area contributed by atoms with Gasteiger partial charge in [-0.3, -0.25) is 0 Å². The minimum absolute atomic E-state index is 0.732. The van der Waals surface area contributed by atoms with Gasteiger partial charge in [0.1, 0.15) is 0 Å². The number of unbranched alkanes of at least 4 members (excludes halogenated alkanes) is 8. The second-order valence-corrected chi connectivity index (χ2v) is 3.71. The summed E-state index contributed by atoms with van der Waals surface area (Å²) in [6, 6.07) is 0. The van der Waals surface area contributed by atoms with Crippen molar-refractivity contribution in [3.63, 3.8) is 0 Å². The van der Waals surface area contributed by atoms with E-state index in [0.717, 1.165) is 13.0 Å². The molecule has 0 saturated heterocycles. The zero-order valence-corrected chi connectivity index (χ0v) is 9.02. The van der Waals surface area contributed by atoms with Gasteiger partial charge in [0, 0.05) is 0 Å². The molecule has 0 saturated carbocycles. The van der Waals surface area contributed by atoms with Crippen molar-refractivity contribution in [2.45, 2.75) is 64.7 Å². The molecule has 78 valence electrons. The molecule has 0 radical (unpaired) electrons. The molecule has 0 spiro atoms. The van der Waals surface area contributed by atoms with Gasteiger partial charge in [-0.25, -0.2) is 5.53 Å². The third-order valence-corrected chi connectivity index (χ3v) is 2.37. The van der Waals surface area contributed by atoms with Crippen LogP contribution in [0.5, 0.6) is 0 Å². The van der Waals surface area contributed by atoms with Crippen LogP contribution >= 0.6 is 0 Å². The Bertz CT molecular complexity index is 102. The molecule has 0 atom stereocenters. The van der Waals surface area contributed by atoms with Gasteiger partial charge in [-0.2, -0.15) is 5.11 Å². The Morgan fingerprint density at radius 2 is 1.23 bits per heavy atom. The minimum Gasteiger partial charge on any atom is -0.210 e. The fourth-order valence-corrected chi connectivity index (χ4v) is 1.50. The lowest BCUT2D eigenvalue weighted by atomic mass is 10.1. The van der Waals surface area contributed by atoms with Gasteiger partial charge in [-0.1, -0.05) is 58.3 Å². The molecule has 0 bridgehead atoms. The molecule has 0 aliphatic carbocycles. The molecule has 0 aliphatic rings. The van der Waals surface area contributed by atoms with Crippen LogP contribution in [-0.4, -0.2) is 6.54 Å². The summed E-state index contributed by atoms with van der Waals surface area (Å²) in [5, 5.41) is 3.34. The number of hydrogen-bond acceptors (Lipinski definition) is 2. The molecule has 0 aromatic heterocycles. The quantitative estimate of drug-likeness (QED) is 0.382. The van der Waals surface area contributed by atoms with Gasteiger partial charge in [0.2, 0.25) is 0 Å². The summed E-state index contributed by atoms with van der Waals surface area (Å²) in [5.41, 5.74) is 6.62. The Labute approximate surface area is 82.6 Å². The van der Waals surface area contributed by atoms with Gasteiger partial charge < -0.3 is 0 Å². The number of nitrogens with one attached hydrogen (secondary N) is 1. The molecular formula is C11H24N2. The molecular weight excluding hydrogens is 160 g/mol. The van der Waals surface area contributed by atoms with E-state index >= 15 is 0 Å². The SMILES string of the molecule is CCCCCCCCCCCN=N. The van der Waals surface area contributed by atoms with E-state index < -0.39 is 0 Å². The van der Waals surface area contributed by atoms with E-state index in [1.165, 1.54) is 51.4 Å². The molecule has 0 heterocycles. The summed E-state index contributed by atoms with van der Waals surface area (Å²) < 4.78 is 0. The number of rotatable bonds is 10. The van der Waals surface area contributed by atoms with Crippen LogP contribution in [0.15, 0.2) is 5.11 Å². The molecule has 0 rings (SSSR count). The van der Waals surface area contributed by atoms with Crippen molar-refractivity contribution in [3.8, 4) is 0 Å². The highest BCUT2D eigenvalue weighted by Crippen LogP contribution is 2.09. The lowest BCUT2D eigenvalue weighted by molar-refractivity contribution is 0.564. The van der Waals surface area contributed by atoms with Crippen molar-refractivity contribution in [2.75, 3.05) is 6.54 Å². The molecule has 0 aliphatic heterocycles. The summed E-state index contributed by atoms with van der Waals surface area (Å²) in [5.74, 6) is 0. The highest BCUT2D eigenvalue weighted by molar-refractivity contribution is 4.47. The Morgan fingerprint density at radius 3 is 1.69 bits per heavy atom. The van der Waals surface area contributed by atoms with Crippen LogP contribution in [0.4, 0.5) is 0 Å². The first kappa shape index (κ1) is 12.6. The van der Waals surface area contributed by atoms with Gasteiger partial charge in [-0.05, 0) is 6.42 Å². The summed E-state index contributed by atoms with van der Waals surface area (Å²) in [6.07, 6.45) is 12.0. The Kier molecular flexibility index (Phi) is 11.2. The van der Waals surface area contributed by atoms with Crippen molar-refractivity contribution >= 4 is 0 Å². The van der Waals surface area contributed by atoms with Crippen molar-refractivity contribution in [1.82, 2.24) is 0 Å². The van der Waals surface area contributed by atoms with E-state index in [9.17, 15) is 0 Å². The number of hydrogen-bond donors (Lipinski definition) is 1. The molecule has 13 heavy (non-hydrogen) atoms. The average Bonchev–Trinajstić information content (AvgIpc) is 2.16. The summed E-state index contributed by atoms with van der Waals surface area (Å²) >= 11 is 0. The van der Waals surface area contributed by atoms with Gasteiger partial charge in [0.25, 0.3) is 0 Å². The third-order valence-electron chi connectivity index (χ3n) is 2.37. The maximum atomic E-state index is 6.62. The normalized spacial score (nSPS) is 10.2. The molecule has 0 fully saturated rings. The van der Waals surface area contributed by atoms with Gasteiger partial charge in [0.05, 0.1) is 6.54 Å². The molecule has 0 aromatic carbocycles. The fourth-order valence-electron chi connectivity index (χ4n) is 1.50. The minimum atomic E-state index is 0.732. The standard InChI is InChI=1S/C11H24N2/c1-2-3-4-5-6-7-8-9-10-11-13-12/h12H,2-11H2,1H3. The summed E-state index contributed by atoms with van der Waals surface area (Å²) in [6.45, 7) is 2.99. The van der Waals surface area contributed by atoms with E-state index in [0.29, 0.717) is 0 Å². The molecule has 0 unspecified atom stereocenters. The Morgan fingerprint density at radius 1 is 0.769 bits per heavy atom. The van der Waals surface area contributed by atoms with Crippen LogP contribution in [-0.2, 0) is 0 Å². The predicted octanol–water partition coefficient (Wildman–Crippen LogP) is 4.55. The van der Waals surface area contributed by atoms with Crippen molar-refractivity contribution < 1.29 is 0 Å². The summed E-state index contributed by atoms with van der Waals surface area (Å²) in [4.78, 5) is 0. The monoisotopic (exact) mass is 184 g/mol. The molecule has 0 aromatic rings. The van der Waals surface area contributed by atoms with Crippen molar-refractivity contribution in [2.24, 2.45) is 5.11 Å². The van der Waals surface area contributed by atoms with E-state index in [-0.39, 0.29) is 0 Å². The van der Waals surface area contributed by atoms with Crippen LogP contribution in [0, 0.1) is 5.53 Å². The second kappa shape index (κ2) is 11.6. The largest absolute Gasteiger partial charge is 0.210 e. The first-order valence-electron chi connectivity index (χ1n) is 5.75. The fraction of sp³-hybridized carbons (Fsp3) is 1.00. The van der Waals surface area contributed by atoms with Gasteiger partial charge in [0.15, 0.2) is 0 Å². The molecule has 2 nitrogen and oxygen atoms in total. The van der Waals surface area contributed by atoms with Crippen LogP contribution < -0.4 is 0 Å². The smallest absolute Gasteiger partial charge is 0.0596 e. The van der Waals surface area contributed by atoms with Gasteiger partial charge >= 0.3 is 0 Å². The predicted molar refractivity (Wildman–Crippen MR) is 57.2 cm³/mol. The Hall–Kier alpha value is -0.400. The average molecular weight is 184 g/mol. The van der Waals surface area contributed by atoms with E-state index in [1.807, 2.05) is 0 Å². The van der Waals surface area contributed by atoms with Crippen LogP contribution in [0.1, 0.15) is 64.7 Å².